The number of hydrogen-bond donors (Lipinski definition) is 0. The van der Waals surface area contributed by atoms with E-state index in [2.05, 4.69) is 6.08 Å². The summed E-state index contributed by atoms with van der Waals surface area (Å²) in [6.45, 7) is 1.85. The molecule has 0 aromatic rings. The summed E-state index contributed by atoms with van der Waals surface area (Å²) < 4.78 is 5.56. The number of fused-ring (bicyclic) bond motifs is 1. The van der Waals surface area contributed by atoms with Crippen molar-refractivity contribution in [1.29, 1.82) is 0 Å². The molecule has 0 amide bonds. The van der Waals surface area contributed by atoms with Crippen LogP contribution in [-0.2, 0) is 9.53 Å². The predicted octanol–water partition coefficient (Wildman–Crippen LogP) is 4.70. The van der Waals surface area contributed by atoms with Gasteiger partial charge in [0.15, 0.2) is 0 Å². The number of rotatable bonds is 0. The third-order valence-electron chi connectivity index (χ3n) is 4.13. The van der Waals surface area contributed by atoms with Crippen LogP contribution in [0.25, 0.3) is 0 Å². The van der Waals surface area contributed by atoms with Gasteiger partial charge in [-0.15, -0.1) is 0 Å². The summed E-state index contributed by atoms with van der Waals surface area (Å²) in [4.78, 5) is 11.7. The van der Waals surface area contributed by atoms with E-state index >= 15 is 0 Å². The highest BCUT2D eigenvalue weighted by Gasteiger charge is 2.23. The van der Waals surface area contributed by atoms with Gasteiger partial charge in [-0.05, 0) is 44.3 Å². The van der Waals surface area contributed by atoms with Gasteiger partial charge in [0.25, 0.3) is 0 Å². The molecule has 2 rings (SSSR count). The molecule has 0 saturated heterocycles. The van der Waals surface area contributed by atoms with Gasteiger partial charge >= 0.3 is 5.97 Å². The van der Waals surface area contributed by atoms with Gasteiger partial charge in [0.1, 0.15) is 6.10 Å². The molecule has 2 heteroatoms. The largest absolute Gasteiger partial charge is 0.454 e. The number of carbonyl (C=O) groups is 1. The molecule has 1 unspecified atom stereocenters. The molecule has 19 heavy (non-hydrogen) atoms. The summed E-state index contributed by atoms with van der Waals surface area (Å²) in [6, 6.07) is 0. The molecule has 1 atom stereocenters. The second-order valence-corrected chi connectivity index (χ2v) is 5.83. The summed E-state index contributed by atoms with van der Waals surface area (Å²) in [7, 11) is 0. The summed E-state index contributed by atoms with van der Waals surface area (Å²) in [6.07, 6.45) is 16.9. The van der Waals surface area contributed by atoms with Crippen LogP contribution in [0.1, 0.15) is 71.1 Å². The normalized spacial score (nSPS) is 29.5. The third-order valence-corrected chi connectivity index (χ3v) is 4.13. The van der Waals surface area contributed by atoms with Crippen molar-refractivity contribution in [2.24, 2.45) is 0 Å². The molecule has 0 fully saturated rings. The van der Waals surface area contributed by atoms with Gasteiger partial charge in [-0.1, -0.05) is 44.6 Å². The van der Waals surface area contributed by atoms with Crippen molar-refractivity contribution >= 4 is 5.97 Å². The van der Waals surface area contributed by atoms with E-state index in [1.54, 1.807) is 0 Å². The average Bonchev–Trinajstić information content (AvgIpc) is 2.41. The molecule has 1 aliphatic heterocycles. The molecular weight excluding hydrogens is 236 g/mol. The minimum atomic E-state index is -0.133. The van der Waals surface area contributed by atoms with Crippen LogP contribution in [0.4, 0.5) is 0 Å². The highest BCUT2D eigenvalue weighted by molar-refractivity contribution is 5.90. The SMILES string of the molecule is CC1=C/C2=C/CCCCCCCCCCC2OC1=O. The third kappa shape index (κ3) is 4.52. The number of hydrogen-bond acceptors (Lipinski definition) is 2. The number of carbonyl (C=O) groups excluding carboxylic acids is 1. The fourth-order valence-corrected chi connectivity index (χ4v) is 2.91. The molecule has 2 nitrogen and oxygen atoms in total. The Labute approximate surface area is 116 Å². The van der Waals surface area contributed by atoms with Gasteiger partial charge in [-0.2, -0.15) is 0 Å². The van der Waals surface area contributed by atoms with E-state index in [9.17, 15) is 4.79 Å². The highest BCUT2D eigenvalue weighted by Crippen LogP contribution is 2.25. The molecule has 0 aromatic heterocycles. The van der Waals surface area contributed by atoms with Gasteiger partial charge in [0.05, 0.1) is 0 Å². The Bertz CT molecular complexity index is 365. The lowest BCUT2D eigenvalue weighted by atomic mass is 9.97. The first-order valence-electron chi connectivity index (χ1n) is 7.87. The quantitative estimate of drug-likeness (QED) is 0.591. The topological polar surface area (TPSA) is 26.3 Å². The molecule has 1 heterocycles. The Kier molecular flexibility index (Phi) is 5.68. The van der Waals surface area contributed by atoms with Crippen molar-refractivity contribution in [3.63, 3.8) is 0 Å². The molecule has 1 aliphatic carbocycles. The Morgan fingerprint density at radius 3 is 2.37 bits per heavy atom. The first-order valence-corrected chi connectivity index (χ1v) is 7.87. The minimum absolute atomic E-state index is 0.0111. The van der Waals surface area contributed by atoms with Crippen molar-refractivity contribution in [3.05, 3.63) is 23.3 Å². The molecular formula is C17H26O2. The summed E-state index contributed by atoms with van der Waals surface area (Å²) in [5.74, 6) is -0.133. The lowest BCUT2D eigenvalue weighted by molar-refractivity contribution is -0.143. The van der Waals surface area contributed by atoms with E-state index in [1.807, 2.05) is 13.0 Å². The second kappa shape index (κ2) is 7.52. The van der Waals surface area contributed by atoms with Gasteiger partial charge in [-0.25, -0.2) is 4.79 Å². The van der Waals surface area contributed by atoms with E-state index in [0.717, 1.165) is 18.4 Å². The number of esters is 1. The lowest BCUT2D eigenvalue weighted by Crippen LogP contribution is -2.25. The van der Waals surface area contributed by atoms with Crippen LogP contribution in [0.5, 0.6) is 0 Å². The molecule has 0 radical (unpaired) electrons. The highest BCUT2D eigenvalue weighted by atomic mass is 16.5. The lowest BCUT2D eigenvalue weighted by Gasteiger charge is -2.24. The fourth-order valence-electron chi connectivity index (χ4n) is 2.91. The first kappa shape index (κ1) is 14.4. The van der Waals surface area contributed by atoms with Crippen molar-refractivity contribution in [2.75, 3.05) is 0 Å². The van der Waals surface area contributed by atoms with Crippen LogP contribution >= 0.6 is 0 Å². The Morgan fingerprint density at radius 1 is 1.00 bits per heavy atom. The maximum atomic E-state index is 11.7. The van der Waals surface area contributed by atoms with Crippen molar-refractivity contribution < 1.29 is 9.53 Å². The Balaban J connectivity index is 2.03. The van der Waals surface area contributed by atoms with Crippen LogP contribution in [0, 0.1) is 0 Å². The van der Waals surface area contributed by atoms with Crippen LogP contribution in [0.3, 0.4) is 0 Å². The Hall–Kier alpha value is -1.05. The first-order chi connectivity index (χ1) is 9.27. The second-order valence-electron chi connectivity index (χ2n) is 5.83. The summed E-state index contributed by atoms with van der Waals surface area (Å²) in [5, 5.41) is 0. The number of ether oxygens (including phenoxy) is 1. The van der Waals surface area contributed by atoms with Crippen LogP contribution in [0.2, 0.25) is 0 Å². The maximum absolute atomic E-state index is 11.7. The molecule has 2 aliphatic rings. The van der Waals surface area contributed by atoms with Crippen molar-refractivity contribution in [2.45, 2.75) is 77.2 Å². The molecule has 0 spiro atoms. The van der Waals surface area contributed by atoms with Crippen molar-refractivity contribution in [3.8, 4) is 0 Å². The van der Waals surface area contributed by atoms with E-state index in [-0.39, 0.29) is 12.1 Å². The summed E-state index contributed by atoms with van der Waals surface area (Å²) >= 11 is 0. The van der Waals surface area contributed by atoms with Crippen molar-refractivity contribution in [1.82, 2.24) is 0 Å². The van der Waals surface area contributed by atoms with Gasteiger partial charge < -0.3 is 4.74 Å². The smallest absolute Gasteiger partial charge is 0.334 e. The average molecular weight is 262 g/mol. The van der Waals surface area contributed by atoms with E-state index in [0.29, 0.717) is 0 Å². The van der Waals surface area contributed by atoms with Gasteiger partial charge in [-0.3, -0.25) is 0 Å². The van der Waals surface area contributed by atoms with E-state index in [1.165, 1.54) is 56.9 Å². The number of allylic oxidation sites excluding steroid dienone is 1. The Morgan fingerprint density at radius 2 is 1.63 bits per heavy atom. The molecule has 0 aromatic carbocycles. The monoisotopic (exact) mass is 262 g/mol. The fraction of sp³-hybridized carbons (Fsp3) is 0.706. The van der Waals surface area contributed by atoms with Gasteiger partial charge in [0.2, 0.25) is 0 Å². The summed E-state index contributed by atoms with van der Waals surface area (Å²) in [5.41, 5.74) is 1.98. The van der Waals surface area contributed by atoms with E-state index in [4.69, 9.17) is 4.74 Å². The molecule has 106 valence electrons. The van der Waals surface area contributed by atoms with Gasteiger partial charge in [0, 0.05) is 5.57 Å². The van der Waals surface area contributed by atoms with Crippen LogP contribution in [-0.4, -0.2) is 12.1 Å². The van der Waals surface area contributed by atoms with E-state index < -0.39 is 0 Å². The van der Waals surface area contributed by atoms with Crippen LogP contribution < -0.4 is 0 Å². The predicted molar refractivity (Wildman–Crippen MR) is 77.9 cm³/mol. The zero-order valence-corrected chi connectivity index (χ0v) is 12.1. The standard InChI is InChI=1S/C17H26O2/c1-14-13-15-11-9-7-5-3-2-4-6-8-10-12-16(15)19-17(14)18/h11,13,16H,2-10,12H2,1H3/b15-11-. The van der Waals surface area contributed by atoms with Crippen LogP contribution in [0.15, 0.2) is 23.3 Å². The molecule has 0 saturated carbocycles. The minimum Gasteiger partial charge on any atom is -0.454 e. The zero-order chi connectivity index (χ0) is 13.5. The maximum Gasteiger partial charge on any atom is 0.334 e. The molecule has 0 N–H and O–H groups in total. The zero-order valence-electron chi connectivity index (χ0n) is 12.1. The molecule has 0 bridgehead atoms.